The number of fused-ring (bicyclic) bond motifs is 1. The number of hydrogen-bond acceptors (Lipinski definition) is 6. The molecule has 3 aromatic rings. The van der Waals surface area contributed by atoms with E-state index in [1.807, 2.05) is 74.3 Å². The second kappa shape index (κ2) is 11.2. The number of pyridine rings is 1. The van der Waals surface area contributed by atoms with E-state index >= 15 is 0 Å². The van der Waals surface area contributed by atoms with Gasteiger partial charge in [0.05, 0.1) is 0 Å². The van der Waals surface area contributed by atoms with Crippen molar-refractivity contribution in [3.05, 3.63) is 72.1 Å². The number of nitrogens with one attached hydrogen (secondary N) is 1. The number of carbonyl (C=O) groups is 2. The molecule has 0 aliphatic carbocycles. The van der Waals surface area contributed by atoms with Crippen molar-refractivity contribution >= 4 is 28.5 Å². The first-order chi connectivity index (χ1) is 18.7. The summed E-state index contributed by atoms with van der Waals surface area (Å²) in [4.78, 5) is 33.0. The predicted octanol–water partition coefficient (Wildman–Crippen LogP) is 4.92. The largest absolute Gasteiger partial charge is 0.444 e. The summed E-state index contributed by atoms with van der Waals surface area (Å²) >= 11 is 0. The van der Waals surface area contributed by atoms with E-state index in [9.17, 15) is 14.7 Å². The minimum atomic E-state index is -0.556. The summed E-state index contributed by atoms with van der Waals surface area (Å²) in [7, 11) is 0. The summed E-state index contributed by atoms with van der Waals surface area (Å²) in [5.41, 5.74) is 2.25. The van der Waals surface area contributed by atoms with E-state index in [0.29, 0.717) is 44.1 Å². The highest BCUT2D eigenvalue weighted by Gasteiger charge is 2.32. The van der Waals surface area contributed by atoms with E-state index < -0.39 is 11.8 Å². The maximum absolute atomic E-state index is 12.8. The van der Waals surface area contributed by atoms with Gasteiger partial charge in [-0.1, -0.05) is 18.2 Å². The number of aliphatic hydroxyl groups is 1. The smallest absolute Gasteiger partial charge is 0.410 e. The quantitative estimate of drug-likeness (QED) is 0.486. The fraction of sp³-hybridized carbons (Fsp3) is 0.452. The Labute approximate surface area is 230 Å². The summed E-state index contributed by atoms with van der Waals surface area (Å²) in [6.45, 7) is 8.21. The van der Waals surface area contributed by atoms with E-state index in [2.05, 4.69) is 16.4 Å². The maximum atomic E-state index is 12.8. The number of nitrogens with zero attached hydrogens (tertiary/aromatic N) is 3. The molecule has 0 spiro atoms. The van der Waals surface area contributed by atoms with Gasteiger partial charge in [-0.15, -0.1) is 0 Å². The first-order valence-corrected chi connectivity index (χ1v) is 13.8. The minimum absolute atomic E-state index is 0.0881. The van der Waals surface area contributed by atoms with Crippen LogP contribution in [0.2, 0.25) is 0 Å². The Kier molecular flexibility index (Phi) is 7.75. The summed E-state index contributed by atoms with van der Waals surface area (Å²) in [6.07, 6.45) is 5.12. The highest BCUT2D eigenvalue weighted by molar-refractivity contribution is 5.94. The molecule has 3 heterocycles. The van der Waals surface area contributed by atoms with Crippen LogP contribution in [-0.2, 0) is 4.74 Å². The highest BCUT2D eigenvalue weighted by Crippen LogP contribution is 2.35. The summed E-state index contributed by atoms with van der Waals surface area (Å²) in [6, 6.07) is 15.9. The Morgan fingerprint density at radius 2 is 1.79 bits per heavy atom. The molecule has 8 nitrogen and oxygen atoms in total. The lowest BCUT2D eigenvalue weighted by Gasteiger charge is -2.33. The molecule has 2 N–H and O–H groups in total. The predicted molar refractivity (Wildman–Crippen MR) is 152 cm³/mol. The van der Waals surface area contributed by atoms with Crippen LogP contribution in [0.5, 0.6) is 0 Å². The molecule has 2 amide bonds. The molecule has 2 saturated heterocycles. The van der Waals surface area contributed by atoms with Crippen molar-refractivity contribution in [3.63, 3.8) is 0 Å². The number of ether oxygens (including phenoxy) is 1. The SMILES string of the molecule is CC(C)(C)OC(=O)N1CCC(CNC(=O)c2ccc(C3CC(O)N(c4ccc5cnccc5c4)C3)cc2)CC1. The average molecular weight is 531 g/mol. The number of likely N-dealkylation sites (tertiary alicyclic amines) is 1. The molecule has 39 heavy (non-hydrogen) atoms. The third-order valence-electron chi connectivity index (χ3n) is 7.69. The minimum Gasteiger partial charge on any atom is -0.444 e. The van der Waals surface area contributed by atoms with Gasteiger partial charge in [0.1, 0.15) is 11.8 Å². The first kappa shape index (κ1) is 26.9. The maximum Gasteiger partial charge on any atom is 0.410 e. The monoisotopic (exact) mass is 530 g/mol. The summed E-state index contributed by atoms with van der Waals surface area (Å²) in [5, 5.41) is 16.0. The lowest BCUT2D eigenvalue weighted by Crippen LogP contribution is -2.43. The van der Waals surface area contributed by atoms with Gasteiger partial charge in [0.25, 0.3) is 5.91 Å². The zero-order valence-electron chi connectivity index (χ0n) is 23.0. The number of hydrogen-bond donors (Lipinski definition) is 2. The Balaban J connectivity index is 1.11. The van der Waals surface area contributed by atoms with Crippen molar-refractivity contribution in [1.29, 1.82) is 0 Å². The molecule has 2 aliphatic rings. The Morgan fingerprint density at radius 1 is 1.05 bits per heavy atom. The van der Waals surface area contributed by atoms with Crippen LogP contribution < -0.4 is 10.2 Å². The number of carbonyl (C=O) groups excluding carboxylic acids is 2. The van der Waals surface area contributed by atoms with Crippen LogP contribution >= 0.6 is 0 Å². The molecule has 8 heteroatoms. The number of benzene rings is 2. The van der Waals surface area contributed by atoms with E-state index in [-0.39, 0.29) is 17.9 Å². The molecule has 2 unspecified atom stereocenters. The van der Waals surface area contributed by atoms with Crippen LogP contribution in [0.15, 0.2) is 60.9 Å². The van der Waals surface area contributed by atoms with Crippen LogP contribution in [-0.4, -0.2) is 65.0 Å². The van der Waals surface area contributed by atoms with Crippen LogP contribution in [0.3, 0.4) is 0 Å². The third kappa shape index (κ3) is 6.50. The number of aromatic nitrogens is 1. The standard InChI is InChI=1S/C31H38N4O4/c1-31(2,3)39-30(38)34-14-11-21(12-15-34)18-33-29(37)23-6-4-22(5-7-23)26-17-28(36)35(20-26)27-9-8-25-19-32-13-10-24(25)16-27/h4-10,13,16,19,21,26,28,36H,11-12,14-15,17-18,20H2,1-3H3,(H,33,37). The third-order valence-corrected chi connectivity index (χ3v) is 7.69. The van der Waals surface area contributed by atoms with Gasteiger partial charge in [0.2, 0.25) is 0 Å². The van der Waals surface area contributed by atoms with Gasteiger partial charge in [-0.05, 0) is 80.8 Å². The first-order valence-electron chi connectivity index (χ1n) is 13.8. The van der Waals surface area contributed by atoms with Crippen LogP contribution in [0.4, 0.5) is 10.5 Å². The summed E-state index contributed by atoms with van der Waals surface area (Å²) in [5.74, 6) is 0.430. The Morgan fingerprint density at radius 3 is 2.51 bits per heavy atom. The highest BCUT2D eigenvalue weighted by atomic mass is 16.6. The van der Waals surface area contributed by atoms with Gasteiger partial charge in [0.15, 0.2) is 0 Å². The molecular formula is C31H38N4O4. The van der Waals surface area contributed by atoms with Gasteiger partial charge in [-0.3, -0.25) is 9.78 Å². The molecule has 2 fully saturated rings. The molecule has 206 valence electrons. The van der Waals surface area contributed by atoms with Gasteiger partial charge in [-0.2, -0.15) is 0 Å². The van der Waals surface area contributed by atoms with Gasteiger partial charge in [-0.25, -0.2) is 4.79 Å². The van der Waals surface area contributed by atoms with Gasteiger partial charge >= 0.3 is 6.09 Å². The normalized spacial score (nSPS) is 20.3. The van der Waals surface area contributed by atoms with E-state index in [4.69, 9.17) is 4.74 Å². The van der Waals surface area contributed by atoms with E-state index in [1.165, 1.54) is 0 Å². The zero-order valence-corrected chi connectivity index (χ0v) is 23.0. The van der Waals surface area contributed by atoms with Crippen molar-refractivity contribution in [2.45, 2.75) is 57.8 Å². The number of amides is 2. The van der Waals surface area contributed by atoms with Crippen LogP contribution in [0, 0.1) is 5.92 Å². The van der Waals surface area contributed by atoms with Crippen molar-refractivity contribution < 1.29 is 19.4 Å². The lowest BCUT2D eigenvalue weighted by atomic mass is 9.96. The fourth-order valence-corrected chi connectivity index (χ4v) is 5.48. The van der Waals surface area contributed by atoms with E-state index in [1.54, 1.807) is 11.1 Å². The Hall–Kier alpha value is -3.65. The molecular weight excluding hydrogens is 492 g/mol. The fourth-order valence-electron chi connectivity index (χ4n) is 5.48. The molecule has 5 rings (SSSR count). The molecule has 0 radical (unpaired) electrons. The lowest BCUT2D eigenvalue weighted by molar-refractivity contribution is 0.0183. The topological polar surface area (TPSA) is 95.0 Å². The molecule has 2 atom stereocenters. The number of rotatable bonds is 5. The van der Waals surface area contributed by atoms with Crippen molar-refractivity contribution in [2.75, 3.05) is 31.1 Å². The second-order valence-electron chi connectivity index (χ2n) is 11.7. The Bertz CT molecular complexity index is 1310. The molecule has 0 bridgehead atoms. The summed E-state index contributed by atoms with van der Waals surface area (Å²) < 4.78 is 5.46. The van der Waals surface area contributed by atoms with Crippen molar-refractivity contribution in [3.8, 4) is 0 Å². The number of anilines is 1. The number of aliphatic hydroxyl groups excluding tert-OH is 1. The second-order valence-corrected chi connectivity index (χ2v) is 11.7. The van der Waals surface area contributed by atoms with Crippen molar-refractivity contribution in [1.82, 2.24) is 15.2 Å². The van der Waals surface area contributed by atoms with E-state index in [0.717, 1.165) is 34.9 Å². The van der Waals surface area contributed by atoms with Crippen molar-refractivity contribution in [2.24, 2.45) is 5.92 Å². The zero-order chi connectivity index (χ0) is 27.6. The number of piperidine rings is 1. The molecule has 0 saturated carbocycles. The molecule has 1 aromatic heterocycles. The van der Waals surface area contributed by atoms with Gasteiger partial charge in [0, 0.05) is 67.5 Å². The van der Waals surface area contributed by atoms with Crippen LogP contribution in [0.1, 0.15) is 61.9 Å². The van der Waals surface area contributed by atoms with Crippen LogP contribution in [0.25, 0.3) is 10.8 Å². The van der Waals surface area contributed by atoms with Gasteiger partial charge < -0.3 is 25.0 Å². The molecule has 2 aliphatic heterocycles. The average Bonchev–Trinajstić information content (AvgIpc) is 3.32. The molecule has 2 aromatic carbocycles.